The Hall–Kier alpha value is -0.320. The Morgan fingerprint density at radius 3 is 0.929 bits per heavy atom. The van der Waals surface area contributed by atoms with Crippen molar-refractivity contribution in [2.24, 2.45) is 11.5 Å². The predicted molar refractivity (Wildman–Crippen MR) is 46.6 cm³/mol. The highest BCUT2D eigenvalue weighted by Crippen LogP contribution is 1.80. The Kier molecular flexibility index (Phi) is 10.6. The number of aliphatic hydroxyl groups excluding tert-OH is 6. The van der Waals surface area contributed by atoms with Crippen molar-refractivity contribution in [3.63, 3.8) is 0 Å². The molecule has 0 aliphatic rings. The number of rotatable bonds is 4. The van der Waals surface area contributed by atoms with Crippen molar-refractivity contribution in [1.29, 1.82) is 0 Å². The van der Waals surface area contributed by atoms with Crippen LogP contribution in [-0.2, 0) is 0 Å². The molecular formula is C6H18N2O6. The lowest BCUT2D eigenvalue weighted by atomic mass is 10.3. The second-order valence-corrected chi connectivity index (χ2v) is 2.48. The molecule has 88 valence electrons. The Balaban J connectivity index is 0. The first-order chi connectivity index (χ1) is 6.36. The van der Waals surface area contributed by atoms with Crippen molar-refractivity contribution in [2.75, 3.05) is 13.2 Å². The van der Waals surface area contributed by atoms with E-state index in [1.54, 1.807) is 0 Å². The van der Waals surface area contributed by atoms with Gasteiger partial charge in [0.25, 0.3) is 0 Å². The monoisotopic (exact) mass is 214 g/mol. The van der Waals surface area contributed by atoms with E-state index in [9.17, 15) is 0 Å². The topological polar surface area (TPSA) is 173 Å². The van der Waals surface area contributed by atoms with Crippen molar-refractivity contribution in [3.8, 4) is 0 Å². The quantitative estimate of drug-likeness (QED) is 0.215. The molecule has 4 unspecified atom stereocenters. The molecule has 0 aliphatic heterocycles. The van der Waals surface area contributed by atoms with E-state index in [2.05, 4.69) is 0 Å². The van der Waals surface area contributed by atoms with Crippen LogP contribution < -0.4 is 11.5 Å². The van der Waals surface area contributed by atoms with Gasteiger partial charge in [0, 0.05) is 0 Å². The standard InChI is InChI=1S/2C3H9NO3/c2*4-3(7)2(6)1-5/h2*2-3,5-7H,1,4H2. The molecular weight excluding hydrogens is 196 g/mol. The lowest BCUT2D eigenvalue weighted by Crippen LogP contribution is -2.36. The molecule has 0 spiro atoms. The summed E-state index contributed by atoms with van der Waals surface area (Å²) in [6.07, 6.45) is -5.07. The summed E-state index contributed by atoms with van der Waals surface area (Å²) in [4.78, 5) is 0. The molecule has 8 nitrogen and oxygen atoms in total. The van der Waals surface area contributed by atoms with Gasteiger partial charge in [0.05, 0.1) is 13.2 Å². The van der Waals surface area contributed by atoms with Gasteiger partial charge in [0.15, 0.2) is 0 Å². The van der Waals surface area contributed by atoms with E-state index in [1.165, 1.54) is 0 Å². The first kappa shape index (κ1) is 16.1. The second-order valence-electron chi connectivity index (χ2n) is 2.48. The molecule has 4 atom stereocenters. The third-order valence-electron chi connectivity index (χ3n) is 1.16. The zero-order chi connectivity index (χ0) is 11.7. The maximum absolute atomic E-state index is 8.31. The molecule has 0 saturated heterocycles. The summed E-state index contributed by atoms with van der Waals surface area (Å²) < 4.78 is 0. The van der Waals surface area contributed by atoms with E-state index in [0.717, 1.165) is 0 Å². The summed E-state index contributed by atoms with van der Waals surface area (Å²) in [6.45, 7) is -1.00. The number of hydrogen-bond acceptors (Lipinski definition) is 8. The van der Waals surface area contributed by atoms with Gasteiger partial charge in [-0.2, -0.15) is 0 Å². The van der Waals surface area contributed by atoms with Crippen LogP contribution in [0, 0.1) is 0 Å². The lowest BCUT2D eigenvalue weighted by molar-refractivity contribution is -0.0104. The summed E-state index contributed by atoms with van der Waals surface area (Å²) in [5, 5.41) is 49.0. The zero-order valence-electron chi connectivity index (χ0n) is 7.56. The van der Waals surface area contributed by atoms with Crippen molar-refractivity contribution in [1.82, 2.24) is 0 Å². The first-order valence-electron chi connectivity index (χ1n) is 3.82. The summed E-state index contributed by atoms with van der Waals surface area (Å²) in [5.74, 6) is 0. The van der Waals surface area contributed by atoms with E-state index in [1.807, 2.05) is 0 Å². The molecule has 0 bridgehead atoms. The van der Waals surface area contributed by atoms with Crippen LogP contribution in [0.15, 0.2) is 0 Å². The summed E-state index contributed by atoms with van der Waals surface area (Å²) in [6, 6.07) is 0. The SMILES string of the molecule is NC(O)C(O)CO.NC(O)C(O)CO. The zero-order valence-corrected chi connectivity index (χ0v) is 7.56. The normalized spacial score (nSPS) is 18.9. The van der Waals surface area contributed by atoms with Gasteiger partial charge in [-0.05, 0) is 0 Å². The van der Waals surface area contributed by atoms with Gasteiger partial charge in [0.2, 0.25) is 0 Å². The minimum Gasteiger partial charge on any atom is -0.394 e. The summed E-state index contributed by atoms with van der Waals surface area (Å²) >= 11 is 0. The lowest BCUT2D eigenvalue weighted by Gasteiger charge is -2.07. The highest BCUT2D eigenvalue weighted by molar-refractivity contribution is 4.56. The van der Waals surface area contributed by atoms with Crippen molar-refractivity contribution >= 4 is 0 Å². The molecule has 14 heavy (non-hydrogen) atoms. The predicted octanol–water partition coefficient (Wildman–Crippen LogP) is -4.77. The van der Waals surface area contributed by atoms with E-state index in [-0.39, 0.29) is 0 Å². The summed E-state index contributed by atoms with van der Waals surface area (Å²) in [5.41, 5.74) is 9.38. The van der Waals surface area contributed by atoms with Crippen LogP contribution >= 0.6 is 0 Å². The maximum Gasteiger partial charge on any atom is 0.130 e. The second kappa shape index (κ2) is 9.24. The minimum absolute atomic E-state index is 0.502. The smallest absolute Gasteiger partial charge is 0.130 e. The average Bonchev–Trinajstić information content (AvgIpc) is 2.15. The van der Waals surface area contributed by atoms with Crippen LogP contribution in [0.4, 0.5) is 0 Å². The Morgan fingerprint density at radius 2 is 0.929 bits per heavy atom. The van der Waals surface area contributed by atoms with Crippen LogP contribution in [0.25, 0.3) is 0 Å². The van der Waals surface area contributed by atoms with E-state index in [4.69, 9.17) is 42.1 Å². The molecule has 8 heteroatoms. The Bertz CT molecular complexity index is 109. The van der Waals surface area contributed by atoms with Crippen molar-refractivity contribution in [3.05, 3.63) is 0 Å². The van der Waals surface area contributed by atoms with Crippen LogP contribution in [0.2, 0.25) is 0 Å². The van der Waals surface area contributed by atoms with Gasteiger partial charge < -0.3 is 42.1 Å². The van der Waals surface area contributed by atoms with Gasteiger partial charge in [-0.25, -0.2) is 0 Å². The first-order valence-corrected chi connectivity index (χ1v) is 3.82. The van der Waals surface area contributed by atoms with E-state index >= 15 is 0 Å². The Labute approximate surface area is 81.0 Å². The number of hydrogen-bond donors (Lipinski definition) is 8. The maximum atomic E-state index is 8.31. The van der Waals surface area contributed by atoms with Crippen LogP contribution in [0.3, 0.4) is 0 Å². The highest BCUT2D eigenvalue weighted by atomic mass is 16.4. The Morgan fingerprint density at radius 1 is 0.714 bits per heavy atom. The molecule has 0 rings (SSSR count). The van der Waals surface area contributed by atoms with Gasteiger partial charge in [0.1, 0.15) is 24.7 Å². The molecule has 10 N–H and O–H groups in total. The number of aliphatic hydroxyl groups is 6. The van der Waals surface area contributed by atoms with Crippen molar-refractivity contribution in [2.45, 2.75) is 24.7 Å². The number of nitrogens with two attached hydrogens (primary N) is 2. The van der Waals surface area contributed by atoms with Gasteiger partial charge in [-0.1, -0.05) is 0 Å². The molecule has 0 aromatic rings. The average molecular weight is 214 g/mol. The molecule has 0 aromatic heterocycles. The van der Waals surface area contributed by atoms with Gasteiger partial charge >= 0.3 is 0 Å². The van der Waals surface area contributed by atoms with Crippen LogP contribution in [-0.4, -0.2) is 68.5 Å². The third kappa shape index (κ3) is 9.77. The highest BCUT2D eigenvalue weighted by Gasteiger charge is 2.07. The molecule has 0 aliphatic carbocycles. The third-order valence-corrected chi connectivity index (χ3v) is 1.16. The van der Waals surface area contributed by atoms with Crippen LogP contribution in [0.5, 0.6) is 0 Å². The molecule has 0 amide bonds. The molecule has 0 saturated carbocycles. The largest absolute Gasteiger partial charge is 0.394 e. The van der Waals surface area contributed by atoms with Crippen LogP contribution in [0.1, 0.15) is 0 Å². The molecule has 0 aromatic carbocycles. The van der Waals surface area contributed by atoms with E-state index in [0.29, 0.717) is 0 Å². The fourth-order valence-electron chi connectivity index (χ4n) is 0.216. The van der Waals surface area contributed by atoms with Gasteiger partial charge in [-0.15, -0.1) is 0 Å². The molecule has 0 radical (unpaired) electrons. The van der Waals surface area contributed by atoms with Gasteiger partial charge in [-0.3, -0.25) is 0 Å². The molecule has 0 fully saturated rings. The van der Waals surface area contributed by atoms with Crippen molar-refractivity contribution < 1.29 is 30.6 Å². The van der Waals surface area contributed by atoms with E-state index < -0.39 is 37.9 Å². The summed E-state index contributed by atoms with van der Waals surface area (Å²) in [7, 11) is 0. The minimum atomic E-state index is -1.33. The fraction of sp³-hybridized carbons (Fsp3) is 1.00. The fourth-order valence-corrected chi connectivity index (χ4v) is 0.216. The molecule has 0 heterocycles.